The molecule has 96 valence electrons. The van der Waals surface area contributed by atoms with Gasteiger partial charge in [0.25, 0.3) is 0 Å². The SMILES string of the molecule is C=C(/C=C\C(=C/C)C(C)(C)C)c1ccc(C)cc1. The van der Waals surface area contributed by atoms with E-state index in [1.165, 1.54) is 16.7 Å². The van der Waals surface area contributed by atoms with Crippen molar-refractivity contribution in [1.82, 2.24) is 0 Å². The Hall–Kier alpha value is -1.56. The highest BCUT2D eigenvalue weighted by molar-refractivity contribution is 5.72. The van der Waals surface area contributed by atoms with Gasteiger partial charge in [-0.05, 0) is 36.0 Å². The Morgan fingerprint density at radius 3 is 2.06 bits per heavy atom. The summed E-state index contributed by atoms with van der Waals surface area (Å²) >= 11 is 0. The lowest BCUT2D eigenvalue weighted by Crippen LogP contribution is -2.06. The molecule has 18 heavy (non-hydrogen) atoms. The molecule has 0 radical (unpaired) electrons. The molecule has 0 saturated heterocycles. The Morgan fingerprint density at radius 2 is 1.61 bits per heavy atom. The molecule has 0 aromatic heterocycles. The molecule has 0 amide bonds. The molecule has 0 bridgehead atoms. The van der Waals surface area contributed by atoms with Crippen molar-refractivity contribution in [2.75, 3.05) is 0 Å². The monoisotopic (exact) mass is 240 g/mol. The minimum atomic E-state index is 0.179. The summed E-state index contributed by atoms with van der Waals surface area (Å²) in [6.45, 7) is 15.0. The van der Waals surface area contributed by atoms with Crippen LogP contribution in [0.2, 0.25) is 0 Å². The second kappa shape index (κ2) is 5.86. The number of rotatable bonds is 3. The van der Waals surface area contributed by atoms with Gasteiger partial charge in [0, 0.05) is 0 Å². The van der Waals surface area contributed by atoms with Crippen molar-refractivity contribution >= 4 is 5.57 Å². The van der Waals surface area contributed by atoms with Gasteiger partial charge in [0.1, 0.15) is 0 Å². The Kier molecular flexibility index (Phi) is 4.72. The predicted molar refractivity (Wildman–Crippen MR) is 82.6 cm³/mol. The lowest BCUT2D eigenvalue weighted by Gasteiger charge is -2.20. The largest absolute Gasteiger partial charge is 0.0912 e. The lowest BCUT2D eigenvalue weighted by molar-refractivity contribution is 0.516. The molecular weight excluding hydrogens is 216 g/mol. The number of benzene rings is 1. The van der Waals surface area contributed by atoms with Crippen molar-refractivity contribution in [2.24, 2.45) is 5.41 Å². The maximum absolute atomic E-state index is 4.13. The van der Waals surface area contributed by atoms with Gasteiger partial charge in [0.05, 0.1) is 0 Å². The van der Waals surface area contributed by atoms with Gasteiger partial charge in [-0.3, -0.25) is 0 Å². The lowest BCUT2D eigenvalue weighted by atomic mass is 9.85. The molecule has 0 aliphatic heterocycles. The zero-order valence-corrected chi connectivity index (χ0v) is 12.2. The van der Waals surface area contributed by atoms with Crippen LogP contribution in [0.5, 0.6) is 0 Å². The van der Waals surface area contributed by atoms with Crippen LogP contribution in [0.1, 0.15) is 38.8 Å². The first kappa shape index (κ1) is 14.5. The van der Waals surface area contributed by atoms with E-state index < -0.39 is 0 Å². The number of hydrogen-bond donors (Lipinski definition) is 0. The highest BCUT2D eigenvalue weighted by Gasteiger charge is 2.13. The van der Waals surface area contributed by atoms with Gasteiger partial charge in [-0.25, -0.2) is 0 Å². The molecule has 1 rings (SSSR count). The van der Waals surface area contributed by atoms with Crippen LogP contribution in [0.3, 0.4) is 0 Å². The Labute approximate surface area is 112 Å². The fourth-order valence-electron chi connectivity index (χ4n) is 1.83. The Bertz CT molecular complexity index is 462. The van der Waals surface area contributed by atoms with Gasteiger partial charge in [0.15, 0.2) is 0 Å². The second-order valence-corrected chi connectivity index (χ2v) is 5.72. The van der Waals surface area contributed by atoms with Crippen LogP contribution in [0.15, 0.2) is 54.6 Å². The van der Waals surface area contributed by atoms with Gasteiger partial charge in [0.2, 0.25) is 0 Å². The van der Waals surface area contributed by atoms with Crippen molar-refractivity contribution in [3.63, 3.8) is 0 Å². The van der Waals surface area contributed by atoms with Crippen molar-refractivity contribution in [3.05, 3.63) is 65.8 Å². The summed E-state index contributed by atoms with van der Waals surface area (Å²) in [5, 5.41) is 0. The maximum atomic E-state index is 4.13. The summed E-state index contributed by atoms with van der Waals surface area (Å²) in [5.74, 6) is 0. The average Bonchev–Trinajstić information content (AvgIpc) is 2.28. The average molecular weight is 240 g/mol. The number of aryl methyl sites for hydroxylation is 1. The molecular formula is C18H24. The summed E-state index contributed by atoms with van der Waals surface area (Å²) in [4.78, 5) is 0. The summed E-state index contributed by atoms with van der Waals surface area (Å²) in [7, 11) is 0. The van der Waals surface area contributed by atoms with E-state index >= 15 is 0 Å². The highest BCUT2D eigenvalue weighted by atomic mass is 14.2. The summed E-state index contributed by atoms with van der Waals surface area (Å²) in [6, 6.07) is 8.48. The van der Waals surface area contributed by atoms with Crippen LogP contribution in [0, 0.1) is 12.3 Å². The molecule has 0 aliphatic carbocycles. The molecule has 0 aliphatic rings. The zero-order chi connectivity index (χ0) is 13.8. The first-order valence-corrected chi connectivity index (χ1v) is 6.45. The van der Waals surface area contributed by atoms with Crippen molar-refractivity contribution in [1.29, 1.82) is 0 Å². The van der Waals surface area contributed by atoms with Gasteiger partial charge in [-0.2, -0.15) is 0 Å². The molecule has 0 unspecified atom stereocenters. The van der Waals surface area contributed by atoms with Crippen molar-refractivity contribution in [3.8, 4) is 0 Å². The molecule has 0 N–H and O–H groups in total. The molecule has 0 atom stereocenters. The highest BCUT2D eigenvalue weighted by Crippen LogP contribution is 2.27. The summed E-state index contributed by atoms with van der Waals surface area (Å²) < 4.78 is 0. The summed E-state index contributed by atoms with van der Waals surface area (Å²) in [6.07, 6.45) is 6.44. The van der Waals surface area contributed by atoms with Crippen LogP contribution in [-0.2, 0) is 0 Å². The molecule has 1 aromatic rings. The predicted octanol–water partition coefficient (Wildman–Crippen LogP) is 5.56. The Balaban J connectivity index is 2.85. The fraction of sp³-hybridized carbons (Fsp3) is 0.333. The third-order valence-corrected chi connectivity index (χ3v) is 3.06. The first-order chi connectivity index (χ1) is 8.34. The third-order valence-electron chi connectivity index (χ3n) is 3.06. The quantitative estimate of drug-likeness (QED) is 0.607. The topological polar surface area (TPSA) is 0 Å². The Morgan fingerprint density at radius 1 is 1.06 bits per heavy atom. The maximum Gasteiger partial charge on any atom is -0.0135 e. The third kappa shape index (κ3) is 4.03. The van der Waals surface area contributed by atoms with Crippen LogP contribution in [0.25, 0.3) is 5.57 Å². The van der Waals surface area contributed by atoms with Gasteiger partial charge in [-0.1, -0.05) is 75.4 Å². The fourth-order valence-corrected chi connectivity index (χ4v) is 1.83. The normalized spacial score (nSPS) is 13.1. The van der Waals surface area contributed by atoms with E-state index in [-0.39, 0.29) is 5.41 Å². The van der Waals surface area contributed by atoms with Gasteiger partial charge >= 0.3 is 0 Å². The van der Waals surface area contributed by atoms with E-state index in [1.54, 1.807) is 0 Å². The van der Waals surface area contributed by atoms with E-state index in [0.29, 0.717) is 0 Å². The van der Waals surface area contributed by atoms with Crippen LogP contribution in [0.4, 0.5) is 0 Å². The molecule has 1 aromatic carbocycles. The second-order valence-electron chi connectivity index (χ2n) is 5.72. The smallest absolute Gasteiger partial charge is 0.0135 e. The first-order valence-electron chi connectivity index (χ1n) is 6.45. The minimum absolute atomic E-state index is 0.179. The van der Waals surface area contributed by atoms with Crippen molar-refractivity contribution in [2.45, 2.75) is 34.6 Å². The molecule has 0 spiro atoms. The number of allylic oxidation sites excluding steroid dienone is 5. The molecule has 0 fully saturated rings. The zero-order valence-electron chi connectivity index (χ0n) is 12.2. The van der Waals surface area contributed by atoms with Crippen LogP contribution < -0.4 is 0 Å². The molecule has 0 heteroatoms. The van der Waals surface area contributed by atoms with Crippen LogP contribution in [-0.4, -0.2) is 0 Å². The molecule has 0 heterocycles. The van der Waals surface area contributed by atoms with Crippen molar-refractivity contribution < 1.29 is 0 Å². The van der Waals surface area contributed by atoms with Gasteiger partial charge < -0.3 is 0 Å². The summed E-state index contributed by atoms with van der Waals surface area (Å²) in [5.41, 5.74) is 5.02. The molecule has 0 saturated carbocycles. The van der Waals surface area contributed by atoms with E-state index in [1.807, 2.05) is 0 Å². The van der Waals surface area contributed by atoms with E-state index in [4.69, 9.17) is 0 Å². The van der Waals surface area contributed by atoms with E-state index in [9.17, 15) is 0 Å². The molecule has 0 nitrogen and oxygen atoms in total. The van der Waals surface area contributed by atoms with E-state index in [0.717, 1.165) is 5.57 Å². The number of hydrogen-bond acceptors (Lipinski definition) is 0. The standard InChI is InChI=1S/C18H24/c1-7-17(18(4,5)6)13-10-15(3)16-11-8-14(2)9-12-16/h7-13H,3H2,1-2,4-6H3/b13-10-,17-7+. The van der Waals surface area contributed by atoms with Crippen LogP contribution >= 0.6 is 0 Å². The minimum Gasteiger partial charge on any atom is -0.0912 e. The van der Waals surface area contributed by atoms with Gasteiger partial charge in [-0.15, -0.1) is 0 Å². The van der Waals surface area contributed by atoms with E-state index in [2.05, 4.69) is 83.7 Å².